The molecule has 0 bridgehead atoms. The summed E-state index contributed by atoms with van der Waals surface area (Å²) in [6, 6.07) is 1.46. The number of hydrogen-bond donors (Lipinski definition) is 0. The topological polar surface area (TPSA) is 77.3 Å². The molecule has 0 atom stereocenters. The average Bonchev–Trinajstić information content (AvgIpc) is 2.27. The molecule has 0 fully saturated rings. The van der Waals surface area contributed by atoms with Gasteiger partial charge >= 0.3 is 5.00 Å². The number of sulfone groups is 1. The molecule has 1 aromatic heterocycles. The Morgan fingerprint density at radius 3 is 2.64 bits per heavy atom. The Labute approximate surface area is 92.9 Å². The molecule has 8 heteroatoms. The van der Waals surface area contributed by atoms with Crippen molar-refractivity contribution in [1.29, 1.82) is 0 Å². The van der Waals surface area contributed by atoms with E-state index in [4.69, 9.17) is 0 Å². The second kappa shape index (κ2) is 3.95. The molecule has 0 saturated heterocycles. The Hall–Kier alpha value is -0.470. The van der Waals surface area contributed by atoms with Crippen LogP contribution in [0.5, 0.6) is 0 Å². The summed E-state index contributed by atoms with van der Waals surface area (Å²) in [6.07, 6.45) is 1.04. The third kappa shape index (κ3) is 3.03. The van der Waals surface area contributed by atoms with Gasteiger partial charge < -0.3 is 0 Å². The third-order valence-electron chi connectivity index (χ3n) is 1.34. The van der Waals surface area contributed by atoms with Crippen LogP contribution in [0.15, 0.2) is 9.85 Å². The summed E-state index contributed by atoms with van der Waals surface area (Å²) in [5.74, 6) is -0.300. The van der Waals surface area contributed by atoms with Gasteiger partial charge in [0, 0.05) is 6.26 Å². The van der Waals surface area contributed by atoms with Crippen LogP contribution in [0, 0.1) is 10.1 Å². The molecule has 0 N–H and O–H groups in total. The number of rotatable bonds is 3. The Bertz CT molecular complexity index is 464. The summed E-state index contributed by atoms with van der Waals surface area (Å²) < 4.78 is 22.5. The Kier molecular flexibility index (Phi) is 3.28. The molecule has 0 radical (unpaired) electrons. The van der Waals surface area contributed by atoms with Crippen molar-refractivity contribution in [2.24, 2.45) is 0 Å². The van der Waals surface area contributed by atoms with Crippen molar-refractivity contribution >= 4 is 42.1 Å². The van der Waals surface area contributed by atoms with Crippen molar-refractivity contribution in [2.75, 3.05) is 6.26 Å². The molecule has 5 nitrogen and oxygen atoms in total. The first kappa shape index (κ1) is 11.6. The zero-order chi connectivity index (χ0) is 10.9. The molecule has 0 amide bonds. The molecule has 78 valence electrons. The highest BCUT2D eigenvalue weighted by Crippen LogP contribution is 2.34. The lowest BCUT2D eigenvalue weighted by Crippen LogP contribution is -2.01. The molecule has 1 aromatic rings. The normalized spacial score (nSPS) is 11.6. The fourth-order valence-corrected chi connectivity index (χ4v) is 3.26. The van der Waals surface area contributed by atoms with Gasteiger partial charge in [0.1, 0.15) is 0 Å². The van der Waals surface area contributed by atoms with E-state index in [0.717, 1.165) is 17.6 Å². The largest absolute Gasteiger partial charge is 0.329 e. The molecule has 0 aliphatic carbocycles. The number of hydrogen-bond acceptors (Lipinski definition) is 5. The highest BCUT2D eigenvalue weighted by Gasteiger charge is 2.21. The van der Waals surface area contributed by atoms with Crippen molar-refractivity contribution in [3.63, 3.8) is 0 Å². The summed E-state index contributed by atoms with van der Waals surface area (Å²) in [4.78, 5) is 9.95. The van der Waals surface area contributed by atoms with E-state index in [1.165, 1.54) is 6.07 Å². The van der Waals surface area contributed by atoms with E-state index in [1.54, 1.807) is 0 Å². The Morgan fingerprint density at radius 1 is 1.64 bits per heavy atom. The second-order valence-electron chi connectivity index (χ2n) is 2.71. The molecule has 1 heterocycles. The molecule has 0 aliphatic rings. The summed E-state index contributed by atoms with van der Waals surface area (Å²) in [6.45, 7) is 0. The van der Waals surface area contributed by atoms with E-state index in [1.807, 2.05) is 0 Å². The van der Waals surface area contributed by atoms with Crippen LogP contribution in [-0.4, -0.2) is 19.6 Å². The first-order valence-corrected chi connectivity index (χ1v) is 7.07. The monoisotopic (exact) mass is 299 g/mol. The quantitative estimate of drug-likeness (QED) is 0.631. The van der Waals surface area contributed by atoms with Crippen LogP contribution in [0.2, 0.25) is 0 Å². The SMILES string of the molecule is CS(=O)(=O)Cc1cc(Br)sc1[N+](=O)[O-]. The van der Waals surface area contributed by atoms with E-state index in [9.17, 15) is 18.5 Å². The summed E-state index contributed by atoms with van der Waals surface area (Å²) in [5.41, 5.74) is 0.231. The van der Waals surface area contributed by atoms with E-state index >= 15 is 0 Å². The van der Waals surface area contributed by atoms with Crippen LogP contribution in [0.3, 0.4) is 0 Å². The van der Waals surface area contributed by atoms with Crippen LogP contribution in [0.4, 0.5) is 5.00 Å². The lowest BCUT2D eigenvalue weighted by Gasteiger charge is -1.94. The Balaban J connectivity index is 3.14. The van der Waals surface area contributed by atoms with Crippen LogP contribution in [0.1, 0.15) is 5.56 Å². The van der Waals surface area contributed by atoms with Gasteiger partial charge in [0.05, 0.1) is 20.0 Å². The number of nitro groups is 1. The number of halogens is 1. The zero-order valence-corrected chi connectivity index (χ0v) is 10.3. The van der Waals surface area contributed by atoms with E-state index in [-0.39, 0.29) is 16.3 Å². The molecule has 0 aromatic carbocycles. The summed E-state index contributed by atoms with van der Waals surface area (Å²) >= 11 is 3.99. The predicted molar refractivity (Wildman–Crippen MR) is 57.2 cm³/mol. The molecule has 0 spiro atoms. The van der Waals surface area contributed by atoms with E-state index in [0.29, 0.717) is 3.79 Å². The van der Waals surface area contributed by atoms with Crippen LogP contribution >= 0.6 is 27.3 Å². The van der Waals surface area contributed by atoms with Crippen molar-refractivity contribution in [3.8, 4) is 0 Å². The maximum absolute atomic E-state index is 11.0. The minimum Gasteiger partial charge on any atom is -0.258 e. The summed E-state index contributed by atoms with van der Waals surface area (Å²) in [7, 11) is -3.24. The fourth-order valence-electron chi connectivity index (χ4n) is 0.926. The number of nitrogens with zero attached hydrogens (tertiary/aromatic N) is 1. The van der Waals surface area contributed by atoms with E-state index < -0.39 is 14.8 Å². The van der Waals surface area contributed by atoms with Gasteiger partial charge in [0.15, 0.2) is 9.84 Å². The molecular formula is C6H6BrNO4S2. The first-order valence-electron chi connectivity index (χ1n) is 3.40. The van der Waals surface area contributed by atoms with Gasteiger partial charge in [0.2, 0.25) is 0 Å². The van der Waals surface area contributed by atoms with Crippen LogP contribution in [-0.2, 0) is 15.6 Å². The highest BCUT2D eigenvalue weighted by molar-refractivity contribution is 9.11. The molecule has 0 unspecified atom stereocenters. The average molecular weight is 300 g/mol. The maximum atomic E-state index is 11.0. The van der Waals surface area contributed by atoms with Gasteiger partial charge in [-0.3, -0.25) is 10.1 Å². The second-order valence-corrected chi connectivity index (χ2v) is 7.26. The summed E-state index contributed by atoms with van der Waals surface area (Å²) in [5, 5.41) is 10.4. The van der Waals surface area contributed by atoms with Crippen molar-refractivity contribution in [1.82, 2.24) is 0 Å². The van der Waals surface area contributed by atoms with Gasteiger partial charge in [-0.1, -0.05) is 11.3 Å². The lowest BCUT2D eigenvalue weighted by molar-refractivity contribution is -0.380. The van der Waals surface area contributed by atoms with Crippen molar-refractivity contribution in [2.45, 2.75) is 5.75 Å². The highest BCUT2D eigenvalue weighted by atomic mass is 79.9. The van der Waals surface area contributed by atoms with Gasteiger partial charge in [-0.25, -0.2) is 8.42 Å². The van der Waals surface area contributed by atoms with Gasteiger partial charge in [-0.2, -0.15) is 0 Å². The standard InChI is InChI=1S/C6H6BrNO4S2/c1-14(11,12)3-4-2-5(7)13-6(4)8(9)10/h2H,3H2,1H3. The van der Waals surface area contributed by atoms with Gasteiger partial charge in [0.25, 0.3) is 0 Å². The van der Waals surface area contributed by atoms with Gasteiger partial charge in [-0.15, -0.1) is 0 Å². The van der Waals surface area contributed by atoms with E-state index in [2.05, 4.69) is 15.9 Å². The van der Waals surface area contributed by atoms with Crippen LogP contribution in [0.25, 0.3) is 0 Å². The van der Waals surface area contributed by atoms with Crippen LogP contribution < -0.4 is 0 Å². The minimum atomic E-state index is -3.24. The maximum Gasteiger partial charge on any atom is 0.329 e. The molecule has 14 heavy (non-hydrogen) atoms. The molecule has 1 rings (SSSR count). The minimum absolute atomic E-state index is 0.123. The first-order chi connectivity index (χ1) is 6.29. The lowest BCUT2D eigenvalue weighted by atomic mass is 10.4. The predicted octanol–water partition coefficient (Wildman–Crippen LogP) is 1.96. The van der Waals surface area contributed by atoms with Crippen molar-refractivity contribution < 1.29 is 13.3 Å². The number of thiophene rings is 1. The molecule has 0 saturated carbocycles. The smallest absolute Gasteiger partial charge is 0.258 e. The zero-order valence-electron chi connectivity index (χ0n) is 7.06. The van der Waals surface area contributed by atoms with Gasteiger partial charge in [-0.05, 0) is 22.0 Å². The fraction of sp³-hybridized carbons (Fsp3) is 0.333. The third-order valence-corrected chi connectivity index (χ3v) is 3.81. The Morgan fingerprint density at radius 2 is 2.21 bits per heavy atom. The van der Waals surface area contributed by atoms with Crippen molar-refractivity contribution in [3.05, 3.63) is 25.5 Å². The molecule has 0 aliphatic heterocycles. The molecular weight excluding hydrogens is 294 g/mol.